The molecule has 1 aliphatic rings. The van der Waals surface area contributed by atoms with E-state index in [9.17, 15) is 22.4 Å². The molecule has 0 saturated carbocycles. The number of nitrogens with zero attached hydrogens (tertiary/aromatic N) is 4. The number of rotatable bonds is 4. The van der Waals surface area contributed by atoms with Crippen molar-refractivity contribution in [2.75, 3.05) is 31.6 Å². The molecular weight excluding hydrogens is 412 g/mol. The van der Waals surface area contributed by atoms with Crippen molar-refractivity contribution in [2.24, 2.45) is 0 Å². The number of aliphatic carboxylic acids is 1. The Morgan fingerprint density at radius 3 is 2.37 bits per heavy atom. The van der Waals surface area contributed by atoms with Gasteiger partial charge in [-0.15, -0.1) is 0 Å². The molecule has 1 fully saturated rings. The third kappa shape index (κ3) is 6.57. The summed E-state index contributed by atoms with van der Waals surface area (Å²) in [5, 5.41) is 7.12. The van der Waals surface area contributed by atoms with Crippen LogP contribution in [0.3, 0.4) is 0 Å². The van der Waals surface area contributed by atoms with Gasteiger partial charge in [-0.2, -0.15) is 13.2 Å². The first-order chi connectivity index (χ1) is 14.1. The summed E-state index contributed by atoms with van der Waals surface area (Å²) in [5.74, 6) is -1.88. The van der Waals surface area contributed by atoms with E-state index in [-0.39, 0.29) is 18.3 Å². The zero-order valence-electron chi connectivity index (χ0n) is 15.8. The molecule has 0 radical (unpaired) electrons. The van der Waals surface area contributed by atoms with Crippen molar-refractivity contribution < 1.29 is 37.0 Å². The first-order valence-electron chi connectivity index (χ1n) is 8.53. The Balaban J connectivity index is 0.000000396. The van der Waals surface area contributed by atoms with Crippen LogP contribution in [0.5, 0.6) is 5.88 Å². The van der Waals surface area contributed by atoms with Crippen molar-refractivity contribution in [2.45, 2.75) is 12.7 Å². The van der Waals surface area contributed by atoms with E-state index in [1.54, 1.807) is 23.1 Å². The lowest BCUT2D eigenvalue weighted by molar-refractivity contribution is -0.192. The monoisotopic (exact) mass is 430 g/mol. The normalized spacial score (nSPS) is 14.1. The minimum atomic E-state index is -5.08. The van der Waals surface area contributed by atoms with E-state index in [2.05, 4.69) is 9.97 Å². The van der Waals surface area contributed by atoms with Gasteiger partial charge in [0.2, 0.25) is 11.8 Å². The van der Waals surface area contributed by atoms with Crippen molar-refractivity contribution in [3.8, 4) is 5.88 Å². The number of ether oxygens (including phenoxy) is 1. The zero-order chi connectivity index (χ0) is 22.3. The molecule has 1 aromatic heterocycles. The van der Waals surface area contributed by atoms with Crippen molar-refractivity contribution >= 4 is 17.7 Å². The number of carbonyl (C=O) groups excluding carboxylic acids is 1. The third-order valence-electron chi connectivity index (χ3n) is 4.01. The van der Waals surface area contributed by atoms with Crippen LogP contribution in [0.4, 0.5) is 23.4 Å². The van der Waals surface area contributed by atoms with Gasteiger partial charge in [-0.05, 0) is 17.7 Å². The fourth-order valence-electron chi connectivity index (χ4n) is 2.50. The van der Waals surface area contributed by atoms with Crippen molar-refractivity contribution in [1.29, 1.82) is 0 Å². The summed E-state index contributed by atoms with van der Waals surface area (Å²) in [6, 6.07) is 7.92. The second-order valence-corrected chi connectivity index (χ2v) is 6.08. The highest BCUT2D eigenvalue weighted by Crippen LogP contribution is 2.18. The summed E-state index contributed by atoms with van der Waals surface area (Å²) in [5.41, 5.74) is 0.914. The number of piperazine rings is 1. The van der Waals surface area contributed by atoms with Crippen LogP contribution in [0.25, 0.3) is 0 Å². The zero-order valence-corrected chi connectivity index (χ0v) is 15.8. The number of aromatic nitrogens is 2. The molecule has 1 saturated heterocycles. The standard InChI is InChI=1S/C16H17FN4O2.C2HF3O2/c1-23-15-8-14(18-11-19-15)20-6-7-21(16(22)10-20)9-12-2-4-13(17)5-3-12;3-2(4,5)1(6)7/h2-5,8,11H,6-7,9-10H2,1H3;(H,6,7). The van der Waals surface area contributed by atoms with E-state index in [0.29, 0.717) is 31.3 Å². The quantitative estimate of drug-likeness (QED) is 0.743. The van der Waals surface area contributed by atoms with Crippen LogP contribution in [0.15, 0.2) is 36.7 Å². The molecular formula is C18H18F4N4O4. The average molecular weight is 430 g/mol. The van der Waals surface area contributed by atoms with E-state index < -0.39 is 12.1 Å². The number of hydrogen-bond donors (Lipinski definition) is 1. The van der Waals surface area contributed by atoms with Gasteiger partial charge in [-0.3, -0.25) is 4.79 Å². The number of carbonyl (C=O) groups is 2. The minimum Gasteiger partial charge on any atom is -0.481 e. The molecule has 12 heteroatoms. The van der Waals surface area contributed by atoms with Gasteiger partial charge in [0.25, 0.3) is 0 Å². The topological polar surface area (TPSA) is 95.9 Å². The number of amides is 1. The molecule has 2 heterocycles. The maximum atomic E-state index is 12.9. The van der Waals surface area contributed by atoms with Crippen LogP contribution in [-0.4, -0.2) is 64.8 Å². The second kappa shape index (κ2) is 9.85. The van der Waals surface area contributed by atoms with Gasteiger partial charge in [0, 0.05) is 25.7 Å². The molecule has 1 amide bonds. The number of methoxy groups -OCH3 is 1. The van der Waals surface area contributed by atoms with Gasteiger partial charge in [-0.1, -0.05) is 12.1 Å². The molecule has 0 spiro atoms. The van der Waals surface area contributed by atoms with Gasteiger partial charge in [0.05, 0.1) is 13.7 Å². The van der Waals surface area contributed by atoms with Crippen molar-refractivity contribution in [1.82, 2.24) is 14.9 Å². The number of alkyl halides is 3. The van der Waals surface area contributed by atoms with Gasteiger partial charge in [0.1, 0.15) is 18.0 Å². The first kappa shape index (κ1) is 22.8. The molecule has 0 atom stereocenters. The predicted octanol–water partition coefficient (Wildman–Crippen LogP) is 2.11. The van der Waals surface area contributed by atoms with Crippen LogP contribution < -0.4 is 9.64 Å². The molecule has 2 aromatic rings. The summed E-state index contributed by atoms with van der Waals surface area (Å²) in [6.07, 6.45) is -3.66. The Morgan fingerprint density at radius 1 is 1.20 bits per heavy atom. The molecule has 0 aliphatic carbocycles. The van der Waals surface area contributed by atoms with Crippen LogP contribution in [0.1, 0.15) is 5.56 Å². The number of anilines is 1. The summed E-state index contributed by atoms with van der Waals surface area (Å²) < 4.78 is 49.7. The van der Waals surface area contributed by atoms with E-state index in [1.807, 2.05) is 4.90 Å². The summed E-state index contributed by atoms with van der Waals surface area (Å²) in [7, 11) is 1.54. The largest absolute Gasteiger partial charge is 0.490 e. The fourth-order valence-corrected chi connectivity index (χ4v) is 2.50. The van der Waals surface area contributed by atoms with Gasteiger partial charge in [-0.25, -0.2) is 19.2 Å². The molecule has 0 bridgehead atoms. The number of hydrogen-bond acceptors (Lipinski definition) is 6. The molecule has 3 rings (SSSR count). The Morgan fingerprint density at radius 2 is 1.83 bits per heavy atom. The molecule has 1 aromatic carbocycles. The van der Waals surface area contributed by atoms with Crippen LogP contribution in [0.2, 0.25) is 0 Å². The summed E-state index contributed by atoms with van der Waals surface area (Å²) >= 11 is 0. The Hall–Kier alpha value is -3.44. The fraction of sp³-hybridized carbons (Fsp3) is 0.333. The number of carboxylic acids is 1. The SMILES string of the molecule is COc1cc(N2CCN(Cc3ccc(F)cc3)C(=O)C2)ncn1.O=C(O)C(F)(F)F. The maximum Gasteiger partial charge on any atom is 0.490 e. The van der Waals surface area contributed by atoms with Crippen LogP contribution in [0, 0.1) is 5.82 Å². The lowest BCUT2D eigenvalue weighted by atomic mass is 10.2. The Bertz CT molecular complexity index is 877. The van der Waals surface area contributed by atoms with E-state index >= 15 is 0 Å². The highest BCUT2D eigenvalue weighted by molar-refractivity contribution is 5.82. The molecule has 0 unspecified atom stereocenters. The summed E-state index contributed by atoms with van der Waals surface area (Å²) in [4.78, 5) is 33.0. The maximum absolute atomic E-state index is 12.9. The van der Waals surface area contributed by atoms with Crippen molar-refractivity contribution in [3.63, 3.8) is 0 Å². The van der Waals surface area contributed by atoms with E-state index in [4.69, 9.17) is 14.6 Å². The molecule has 162 valence electrons. The smallest absolute Gasteiger partial charge is 0.481 e. The minimum absolute atomic E-state index is 0.0122. The van der Waals surface area contributed by atoms with Gasteiger partial charge < -0.3 is 19.6 Å². The first-order valence-corrected chi connectivity index (χ1v) is 8.53. The second-order valence-electron chi connectivity index (χ2n) is 6.08. The Labute approximate surface area is 168 Å². The number of carboxylic acid groups (broad SMARTS) is 1. The number of benzene rings is 1. The lowest BCUT2D eigenvalue weighted by Crippen LogP contribution is -2.50. The molecule has 1 aliphatic heterocycles. The molecule has 1 N–H and O–H groups in total. The van der Waals surface area contributed by atoms with Gasteiger partial charge in [0.15, 0.2) is 0 Å². The summed E-state index contributed by atoms with van der Waals surface area (Å²) in [6.45, 7) is 2.00. The van der Waals surface area contributed by atoms with E-state index in [0.717, 1.165) is 5.56 Å². The lowest BCUT2D eigenvalue weighted by Gasteiger charge is -2.35. The average Bonchev–Trinajstić information content (AvgIpc) is 2.71. The molecule has 8 nitrogen and oxygen atoms in total. The number of halogens is 4. The van der Waals surface area contributed by atoms with Crippen LogP contribution in [-0.2, 0) is 16.1 Å². The van der Waals surface area contributed by atoms with Crippen LogP contribution >= 0.6 is 0 Å². The molecule has 30 heavy (non-hydrogen) atoms. The van der Waals surface area contributed by atoms with Crippen molar-refractivity contribution in [3.05, 3.63) is 48.0 Å². The predicted molar refractivity (Wildman–Crippen MR) is 96.3 cm³/mol. The highest BCUT2D eigenvalue weighted by Gasteiger charge is 2.38. The third-order valence-corrected chi connectivity index (χ3v) is 4.01. The highest BCUT2D eigenvalue weighted by atomic mass is 19.4. The van der Waals surface area contributed by atoms with Gasteiger partial charge >= 0.3 is 12.1 Å². The Kier molecular flexibility index (Phi) is 7.50. The van der Waals surface area contributed by atoms with E-state index in [1.165, 1.54) is 25.6 Å².